The molecule has 0 unspecified atom stereocenters. The molecule has 7 heteroatoms. The van der Waals surface area contributed by atoms with E-state index in [0.29, 0.717) is 16.3 Å². The molecule has 130 valence electrons. The molecule has 0 aliphatic carbocycles. The number of hydrogen-bond acceptors (Lipinski definition) is 5. The molecule has 26 heavy (non-hydrogen) atoms. The van der Waals surface area contributed by atoms with Crippen LogP contribution < -0.4 is 5.32 Å². The number of aryl methyl sites for hydroxylation is 3. The monoisotopic (exact) mass is 363 g/mol. The van der Waals surface area contributed by atoms with Gasteiger partial charge in [-0.25, -0.2) is 4.98 Å². The van der Waals surface area contributed by atoms with Crippen LogP contribution in [0.4, 0.5) is 5.13 Å². The van der Waals surface area contributed by atoms with Crippen molar-refractivity contribution in [3.05, 3.63) is 64.4 Å². The van der Waals surface area contributed by atoms with Crippen molar-refractivity contribution in [1.82, 2.24) is 19.6 Å². The van der Waals surface area contributed by atoms with Crippen LogP contribution in [0.1, 0.15) is 27.0 Å². The minimum absolute atomic E-state index is 0.210. The van der Waals surface area contributed by atoms with E-state index in [9.17, 15) is 4.79 Å². The molecule has 0 saturated heterocycles. The summed E-state index contributed by atoms with van der Waals surface area (Å²) in [4.78, 5) is 17.1. The Morgan fingerprint density at radius 2 is 1.92 bits per heavy atom. The lowest BCUT2D eigenvalue weighted by Crippen LogP contribution is -2.12. The Morgan fingerprint density at radius 3 is 2.77 bits per heavy atom. The SMILES string of the molecule is Cc1cc(C)c(-c2csc(NC(=O)c3ccc4nncn4c3)n2)cc1C. The quantitative estimate of drug-likeness (QED) is 0.596. The Hall–Kier alpha value is -3.06. The number of hydrogen-bond donors (Lipinski definition) is 1. The predicted molar refractivity (Wildman–Crippen MR) is 103 cm³/mol. The molecular weight excluding hydrogens is 346 g/mol. The van der Waals surface area contributed by atoms with Gasteiger partial charge in [0.1, 0.15) is 6.33 Å². The van der Waals surface area contributed by atoms with E-state index in [1.165, 1.54) is 28.0 Å². The summed E-state index contributed by atoms with van der Waals surface area (Å²) < 4.78 is 1.71. The number of thiazole rings is 1. The van der Waals surface area contributed by atoms with E-state index in [1.54, 1.807) is 29.1 Å². The molecule has 0 aliphatic heterocycles. The fourth-order valence-electron chi connectivity index (χ4n) is 2.82. The van der Waals surface area contributed by atoms with E-state index < -0.39 is 0 Å². The molecule has 4 aromatic rings. The first kappa shape index (κ1) is 16.4. The summed E-state index contributed by atoms with van der Waals surface area (Å²) >= 11 is 1.42. The van der Waals surface area contributed by atoms with Gasteiger partial charge in [0.25, 0.3) is 5.91 Å². The molecule has 0 atom stereocenters. The highest BCUT2D eigenvalue weighted by molar-refractivity contribution is 7.14. The third kappa shape index (κ3) is 2.97. The van der Waals surface area contributed by atoms with Crippen molar-refractivity contribution in [2.75, 3.05) is 5.32 Å². The third-order valence-corrected chi connectivity index (χ3v) is 5.15. The van der Waals surface area contributed by atoms with Gasteiger partial charge in [-0.15, -0.1) is 21.5 Å². The average Bonchev–Trinajstić information content (AvgIpc) is 3.26. The Morgan fingerprint density at radius 1 is 1.12 bits per heavy atom. The van der Waals surface area contributed by atoms with Gasteiger partial charge in [-0.05, 0) is 55.7 Å². The van der Waals surface area contributed by atoms with Crippen LogP contribution in [0.3, 0.4) is 0 Å². The summed E-state index contributed by atoms with van der Waals surface area (Å²) in [5.74, 6) is -0.210. The van der Waals surface area contributed by atoms with Crippen molar-refractivity contribution in [1.29, 1.82) is 0 Å². The highest BCUT2D eigenvalue weighted by atomic mass is 32.1. The lowest BCUT2D eigenvalue weighted by atomic mass is 9.99. The molecule has 3 heterocycles. The second-order valence-corrected chi connectivity index (χ2v) is 7.12. The molecule has 0 radical (unpaired) electrons. The van der Waals surface area contributed by atoms with Crippen molar-refractivity contribution in [3.8, 4) is 11.3 Å². The van der Waals surface area contributed by atoms with Gasteiger partial charge < -0.3 is 0 Å². The van der Waals surface area contributed by atoms with Crippen molar-refractivity contribution >= 4 is 28.0 Å². The van der Waals surface area contributed by atoms with Crippen LogP contribution in [0.5, 0.6) is 0 Å². The third-order valence-electron chi connectivity index (χ3n) is 4.39. The maximum absolute atomic E-state index is 12.5. The highest BCUT2D eigenvalue weighted by Crippen LogP contribution is 2.29. The number of nitrogens with one attached hydrogen (secondary N) is 1. The number of amides is 1. The van der Waals surface area contributed by atoms with E-state index >= 15 is 0 Å². The van der Waals surface area contributed by atoms with Crippen LogP contribution in [0.2, 0.25) is 0 Å². The largest absolute Gasteiger partial charge is 0.298 e. The maximum Gasteiger partial charge on any atom is 0.258 e. The summed E-state index contributed by atoms with van der Waals surface area (Å²) in [6.45, 7) is 6.27. The zero-order valence-corrected chi connectivity index (χ0v) is 15.5. The fraction of sp³-hybridized carbons (Fsp3) is 0.158. The summed E-state index contributed by atoms with van der Waals surface area (Å²) in [7, 11) is 0. The van der Waals surface area contributed by atoms with Gasteiger partial charge in [-0.2, -0.15) is 0 Å². The molecular formula is C19H17N5OS. The Bertz CT molecular complexity index is 1130. The van der Waals surface area contributed by atoms with Crippen LogP contribution in [0.25, 0.3) is 16.9 Å². The molecule has 1 aromatic carbocycles. The van der Waals surface area contributed by atoms with Gasteiger partial charge in [0.2, 0.25) is 0 Å². The fourth-order valence-corrected chi connectivity index (χ4v) is 3.53. The molecule has 1 N–H and O–H groups in total. The van der Waals surface area contributed by atoms with Gasteiger partial charge in [0.05, 0.1) is 11.3 Å². The Balaban J connectivity index is 1.58. The highest BCUT2D eigenvalue weighted by Gasteiger charge is 2.13. The molecule has 3 aromatic heterocycles. The number of aromatic nitrogens is 4. The van der Waals surface area contributed by atoms with Gasteiger partial charge in [-0.1, -0.05) is 6.07 Å². The summed E-state index contributed by atoms with van der Waals surface area (Å²) in [5.41, 5.74) is 6.86. The van der Waals surface area contributed by atoms with Gasteiger partial charge in [-0.3, -0.25) is 14.5 Å². The topological polar surface area (TPSA) is 72.2 Å². The first-order valence-corrected chi connectivity index (χ1v) is 9.04. The molecule has 4 rings (SSSR count). The molecule has 0 fully saturated rings. The van der Waals surface area contributed by atoms with E-state index in [0.717, 1.165) is 11.3 Å². The van der Waals surface area contributed by atoms with Gasteiger partial charge in [0.15, 0.2) is 10.8 Å². The normalized spacial score (nSPS) is 11.0. The first-order chi connectivity index (χ1) is 12.5. The maximum atomic E-state index is 12.5. The van der Waals surface area contributed by atoms with Crippen LogP contribution >= 0.6 is 11.3 Å². The molecule has 0 saturated carbocycles. The number of carbonyl (C=O) groups is 1. The zero-order chi connectivity index (χ0) is 18.3. The van der Waals surface area contributed by atoms with Crippen LogP contribution in [-0.4, -0.2) is 25.5 Å². The van der Waals surface area contributed by atoms with Gasteiger partial charge >= 0.3 is 0 Å². The van der Waals surface area contributed by atoms with Crippen LogP contribution in [0, 0.1) is 20.8 Å². The number of nitrogens with zero attached hydrogens (tertiary/aromatic N) is 4. The number of anilines is 1. The molecule has 6 nitrogen and oxygen atoms in total. The smallest absolute Gasteiger partial charge is 0.258 e. The summed E-state index contributed by atoms with van der Waals surface area (Å²) in [6, 6.07) is 7.79. The lowest BCUT2D eigenvalue weighted by molar-refractivity contribution is 0.102. The van der Waals surface area contributed by atoms with Crippen molar-refractivity contribution < 1.29 is 4.79 Å². The predicted octanol–water partition coefficient (Wildman–Crippen LogP) is 4.03. The first-order valence-electron chi connectivity index (χ1n) is 8.16. The zero-order valence-electron chi connectivity index (χ0n) is 14.6. The summed E-state index contributed by atoms with van der Waals surface area (Å²) in [6.07, 6.45) is 3.27. The van der Waals surface area contributed by atoms with E-state index in [-0.39, 0.29) is 5.91 Å². The second-order valence-electron chi connectivity index (χ2n) is 6.26. The molecule has 0 bridgehead atoms. The number of carbonyl (C=O) groups excluding carboxylic acids is 1. The summed E-state index contributed by atoms with van der Waals surface area (Å²) in [5, 5.41) is 13.2. The van der Waals surface area contributed by atoms with E-state index in [2.05, 4.69) is 53.4 Å². The lowest BCUT2D eigenvalue weighted by Gasteiger charge is -2.07. The van der Waals surface area contributed by atoms with Crippen molar-refractivity contribution in [2.24, 2.45) is 0 Å². The Labute approximate surface area is 154 Å². The van der Waals surface area contributed by atoms with E-state index in [4.69, 9.17) is 0 Å². The number of pyridine rings is 1. The second kappa shape index (κ2) is 6.34. The minimum Gasteiger partial charge on any atom is -0.298 e. The van der Waals surface area contributed by atoms with Crippen molar-refractivity contribution in [3.63, 3.8) is 0 Å². The molecule has 0 spiro atoms. The van der Waals surface area contributed by atoms with E-state index in [1.807, 2.05) is 5.38 Å². The van der Waals surface area contributed by atoms with Crippen LogP contribution in [0.15, 0.2) is 42.2 Å². The standard InChI is InChI=1S/C19H17N5OS/c1-11-6-13(3)15(7-12(11)2)16-9-26-19(21-16)22-18(25)14-4-5-17-23-20-10-24(17)8-14/h4-10H,1-3H3,(H,21,22,25). The number of fused-ring (bicyclic) bond motifs is 1. The van der Waals surface area contributed by atoms with Crippen molar-refractivity contribution in [2.45, 2.75) is 20.8 Å². The number of rotatable bonds is 3. The minimum atomic E-state index is -0.210. The van der Waals surface area contributed by atoms with Gasteiger partial charge in [0, 0.05) is 17.1 Å². The molecule has 1 amide bonds. The molecule has 0 aliphatic rings. The number of benzene rings is 1. The average molecular weight is 363 g/mol. The van der Waals surface area contributed by atoms with Crippen LogP contribution in [-0.2, 0) is 0 Å². The Kier molecular flexibility index (Phi) is 4.00.